The molecule has 0 N–H and O–H groups in total. The quantitative estimate of drug-likeness (QED) is 0.616. The Morgan fingerprint density at radius 2 is 1.82 bits per heavy atom. The molecule has 0 bridgehead atoms. The van der Waals surface area contributed by atoms with E-state index in [2.05, 4.69) is 15.9 Å². The SMILES string of the molecule is O=C1OCC2=C1C(c1ccccc1C(F)(F)F)CC(=O)N2c1cccc(Br)c1. The number of rotatable bonds is 2. The molecule has 2 aromatic carbocycles. The lowest BCUT2D eigenvalue weighted by Crippen LogP contribution is -2.38. The van der Waals surface area contributed by atoms with E-state index in [1.54, 1.807) is 24.3 Å². The Hall–Kier alpha value is -2.61. The molecular weight excluding hydrogens is 439 g/mol. The molecule has 0 spiro atoms. The predicted molar refractivity (Wildman–Crippen MR) is 98.4 cm³/mol. The molecule has 2 heterocycles. The number of halogens is 4. The molecule has 2 aromatic rings. The van der Waals surface area contributed by atoms with Crippen LogP contribution in [0, 0.1) is 0 Å². The minimum absolute atomic E-state index is 0.0939. The Morgan fingerprint density at radius 3 is 2.54 bits per heavy atom. The zero-order valence-electron chi connectivity index (χ0n) is 14.3. The molecule has 1 unspecified atom stereocenters. The van der Waals surface area contributed by atoms with Crippen LogP contribution < -0.4 is 4.90 Å². The lowest BCUT2D eigenvalue weighted by molar-refractivity contribution is -0.139. The van der Waals surface area contributed by atoms with Gasteiger partial charge in [-0.25, -0.2) is 4.79 Å². The fourth-order valence-corrected chi connectivity index (χ4v) is 4.08. The normalized spacial score (nSPS) is 19.7. The van der Waals surface area contributed by atoms with Crippen molar-refractivity contribution in [3.8, 4) is 0 Å². The van der Waals surface area contributed by atoms with Crippen LogP contribution in [-0.4, -0.2) is 18.5 Å². The highest BCUT2D eigenvalue weighted by Crippen LogP contribution is 2.45. The standard InChI is InChI=1S/C20H13BrF3NO3/c21-11-4-3-5-12(8-11)25-16-10-28-19(27)18(16)14(9-17(25)26)13-6-1-2-7-15(13)20(22,23)24/h1-8,14H,9-10H2. The molecule has 28 heavy (non-hydrogen) atoms. The minimum Gasteiger partial charge on any atom is -0.456 e. The first-order chi connectivity index (χ1) is 13.3. The average molecular weight is 452 g/mol. The van der Waals surface area contributed by atoms with Crippen LogP contribution in [0.1, 0.15) is 23.5 Å². The first-order valence-corrected chi connectivity index (χ1v) is 9.21. The van der Waals surface area contributed by atoms with Crippen molar-refractivity contribution in [3.05, 3.63) is 75.4 Å². The second kappa shape index (κ2) is 6.77. The maximum atomic E-state index is 13.5. The van der Waals surface area contributed by atoms with Crippen molar-refractivity contribution in [2.75, 3.05) is 11.5 Å². The highest BCUT2D eigenvalue weighted by molar-refractivity contribution is 9.10. The number of hydrogen-bond donors (Lipinski definition) is 0. The number of cyclic esters (lactones) is 1. The number of alkyl halides is 3. The zero-order chi connectivity index (χ0) is 20.1. The summed E-state index contributed by atoms with van der Waals surface area (Å²) < 4.78 is 46.3. The van der Waals surface area contributed by atoms with E-state index in [1.807, 2.05) is 0 Å². The summed E-state index contributed by atoms with van der Waals surface area (Å²) in [6.07, 6.45) is -4.85. The van der Waals surface area contributed by atoms with E-state index in [0.29, 0.717) is 11.4 Å². The smallest absolute Gasteiger partial charge is 0.416 e. The van der Waals surface area contributed by atoms with E-state index in [0.717, 1.165) is 10.5 Å². The van der Waals surface area contributed by atoms with Crippen LogP contribution in [0.5, 0.6) is 0 Å². The molecule has 1 amide bonds. The van der Waals surface area contributed by atoms with Crippen LogP contribution >= 0.6 is 15.9 Å². The van der Waals surface area contributed by atoms with Crippen molar-refractivity contribution in [2.24, 2.45) is 0 Å². The van der Waals surface area contributed by atoms with Crippen molar-refractivity contribution in [1.29, 1.82) is 0 Å². The van der Waals surface area contributed by atoms with Gasteiger partial charge in [-0.2, -0.15) is 13.2 Å². The third-order valence-electron chi connectivity index (χ3n) is 4.83. The molecule has 0 aliphatic carbocycles. The van der Waals surface area contributed by atoms with E-state index in [1.165, 1.54) is 23.1 Å². The number of carbonyl (C=O) groups is 2. The van der Waals surface area contributed by atoms with Crippen molar-refractivity contribution < 1.29 is 27.5 Å². The van der Waals surface area contributed by atoms with Crippen LogP contribution in [0.4, 0.5) is 18.9 Å². The monoisotopic (exact) mass is 451 g/mol. The lowest BCUT2D eigenvalue weighted by Gasteiger charge is -2.32. The van der Waals surface area contributed by atoms with Gasteiger partial charge in [0.1, 0.15) is 6.61 Å². The van der Waals surface area contributed by atoms with Gasteiger partial charge in [-0.15, -0.1) is 0 Å². The van der Waals surface area contributed by atoms with E-state index in [4.69, 9.17) is 4.74 Å². The summed E-state index contributed by atoms with van der Waals surface area (Å²) in [4.78, 5) is 26.7. The maximum Gasteiger partial charge on any atom is 0.416 e. The third kappa shape index (κ3) is 3.11. The molecule has 144 valence electrons. The summed E-state index contributed by atoms with van der Waals surface area (Å²) in [5, 5.41) is 0. The Balaban J connectivity index is 1.88. The molecule has 4 rings (SSSR count). The van der Waals surface area contributed by atoms with Gasteiger partial charge in [-0.05, 0) is 29.8 Å². The summed E-state index contributed by atoms with van der Waals surface area (Å²) in [7, 11) is 0. The molecular formula is C20H13BrF3NO3. The summed E-state index contributed by atoms with van der Waals surface area (Å²) in [5.74, 6) is -2.08. The van der Waals surface area contributed by atoms with Crippen LogP contribution in [-0.2, 0) is 20.5 Å². The summed E-state index contributed by atoms with van der Waals surface area (Å²) in [6.45, 7) is -0.156. The van der Waals surface area contributed by atoms with Gasteiger partial charge in [-0.1, -0.05) is 40.2 Å². The summed E-state index contributed by atoms with van der Waals surface area (Å²) in [6, 6.07) is 11.9. The molecule has 8 heteroatoms. The third-order valence-corrected chi connectivity index (χ3v) is 5.32. The van der Waals surface area contributed by atoms with Crippen molar-refractivity contribution in [3.63, 3.8) is 0 Å². The Bertz CT molecular complexity index is 1020. The van der Waals surface area contributed by atoms with E-state index < -0.39 is 29.5 Å². The molecule has 0 aromatic heterocycles. The van der Waals surface area contributed by atoms with Gasteiger partial charge in [0.2, 0.25) is 5.91 Å². The number of esters is 1. The lowest BCUT2D eigenvalue weighted by atomic mass is 9.82. The second-order valence-corrected chi connectivity index (χ2v) is 7.40. The summed E-state index contributed by atoms with van der Waals surface area (Å²) in [5.41, 5.74) is -0.0239. The molecule has 0 saturated heterocycles. The van der Waals surface area contributed by atoms with E-state index in [9.17, 15) is 22.8 Å². The van der Waals surface area contributed by atoms with Gasteiger partial charge < -0.3 is 4.74 Å². The maximum absolute atomic E-state index is 13.5. The fourth-order valence-electron chi connectivity index (χ4n) is 3.69. The number of benzene rings is 2. The van der Waals surface area contributed by atoms with Gasteiger partial charge in [0.15, 0.2) is 0 Å². The number of amides is 1. The van der Waals surface area contributed by atoms with Crippen LogP contribution in [0.25, 0.3) is 0 Å². The molecule has 2 aliphatic rings. The number of ether oxygens (including phenoxy) is 1. The van der Waals surface area contributed by atoms with Gasteiger partial charge in [-0.3, -0.25) is 9.69 Å². The van der Waals surface area contributed by atoms with Gasteiger partial charge >= 0.3 is 12.1 Å². The number of carbonyl (C=O) groups excluding carboxylic acids is 2. The van der Waals surface area contributed by atoms with Crippen LogP contribution in [0.3, 0.4) is 0 Å². The first kappa shape index (κ1) is 18.7. The van der Waals surface area contributed by atoms with Crippen LogP contribution in [0.2, 0.25) is 0 Å². The topological polar surface area (TPSA) is 46.6 Å². The van der Waals surface area contributed by atoms with Crippen molar-refractivity contribution in [2.45, 2.75) is 18.5 Å². The molecule has 4 nitrogen and oxygen atoms in total. The molecule has 0 saturated carbocycles. The molecule has 2 aliphatic heterocycles. The van der Waals surface area contributed by atoms with E-state index in [-0.39, 0.29) is 24.2 Å². The fraction of sp³-hybridized carbons (Fsp3) is 0.200. The predicted octanol–water partition coefficient (Wildman–Crippen LogP) is 4.80. The number of anilines is 1. The highest BCUT2D eigenvalue weighted by atomic mass is 79.9. The van der Waals surface area contributed by atoms with Gasteiger partial charge in [0, 0.05) is 22.5 Å². The average Bonchev–Trinajstić information content (AvgIpc) is 3.02. The highest BCUT2D eigenvalue weighted by Gasteiger charge is 2.45. The molecule has 0 fully saturated rings. The van der Waals surface area contributed by atoms with Crippen molar-refractivity contribution >= 4 is 33.5 Å². The second-order valence-electron chi connectivity index (χ2n) is 6.49. The number of hydrogen-bond acceptors (Lipinski definition) is 3. The Morgan fingerprint density at radius 1 is 1.07 bits per heavy atom. The molecule has 0 radical (unpaired) electrons. The Labute approximate surface area is 166 Å². The summed E-state index contributed by atoms with van der Waals surface area (Å²) >= 11 is 3.34. The number of nitrogens with zero attached hydrogens (tertiary/aromatic N) is 1. The largest absolute Gasteiger partial charge is 0.456 e. The van der Waals surface area contributed by atoms with E-state index >= 15 is 0 Å². The first-order valence-electron chi connectivity index (χ1n) is 8.42. The van der Waals surface area contributed by atoms with Gasteiger partial charge in [0.25, 0.3) is 0 Å². The molecule has 1 atom stereocenters. The van der Waals surface area contributed by atoms with Crippen molar-refractivity contribution in [1.82, 2.24) is 0 Å². The zero-order valence-corrected chi connectivity index (χ0v) is 15.9. The Kier molecular flexibility index (Phi) is 4.53. The minimum atomic E-state index is -4.59. The van der Waals surface area contributed by atoms with Gasteiger partial charge in [0.05, 0.1) is 16.8 Å². The van der Waals surface area contributed by atoms with Crippen LogP contribution in [0.15, 0.2) is 64.3 Å².